The van der Waals surface area contributed by atoms with Gasteiger partial charge in [0.2, 0.25) is 5.69 Å². The van der Waals surface area contributed by atoms with Crippen molar-refractivity contribution in [3.63, 3.8) is 0 Å². The molecule has 0 aliphatic heterocycles. The number of aromatic nitrogens is 1. The number of aryl methyl sites for hydroxylation is 2. The number of pyridine rings is 1. The monoisotopic (exact) mass is 280 g/mol. The highest BCUT2D eigenvalue weighted by Gasteiger charge is 2.44. The molecule has 0 saturated carbocycles. The predicted molar refractivity (Wildman–Crippen MR) is 88.5 cm³/mol. The highest BCUT2D eigenvalue weighted by Crippen LogP contribution is 2.49. The quantitative estimate of drug-likeness (QED) is 0.680. The van der Waals surface area contributed by atoms with E-state index >= 15 is 0 Å². The van der Waals surface area contributed by atoms with Gasteiger partial charge in [0, 0.05) is 17.2 Å². The Kier molecular flexibility index (Phi) is 3.02. The minimum absolute atomic E-state index is 0.254. The first kappa shape index (κ1) is 14.3. The molecule has 21 heavy (non-hydrogen) atoms. The number of fused-ring (bicyclic) bond motifs is 1. The van der Waals surface area contributed by atoms with Gasteiger partial charge in [0.15, 0.2) is 6.20 Å². The molecular weight excluding hydrogens is 254 g/mol. The van der Waals surface area contributed by atoms with Crippen LogP contribution in [0.25, 0.3) is 11.3 Å². The molecule has 0 amide bonds. The lowest BCUT2D eigenvalue weighted by molar-refractivity contribution is -0.661. The van der Waals surface area contributed by atoms with Crippen LogP contribution in [0.15, 0.2) is 36.5 Å². The van der Waals surface area contributed by atoms with Crippen LogP contribution < -0.4 is 4.57 Å². The van der Waals surface area contributed by atoms with Gasteiger partial charge in [0.05, 0.1) is 0 Å². The zero-order valence-electron chi connectivity index (χ0n) is 14.1. The molecule has 0 spiro atoms. The summed E-state index contributed by atoms with van der Waals surface area (Å²) >= 11 is 0. The average molecular weight is 280 g/mol. The number of hydrogen-bond donors (Lipinski definition) is 0. The van der Waals surface area contributed by atoms with Gasteiger partial charge in [0.25, 0.3) is 0 Å². The molecule has 2 aromatic rings. The van der Waals surface area contributed by atoms with E-state index in [1.165, 1.54) is 34.4 Å². The highest BCUT2D eigenvalue weighted by molar-refractivity contribution is 5.63. The first-order valence-corrected chi connectivity index (χ1v) is 7.83. The zero-order valence-corrected chi connectivity index (χ0v) is 14.1. The second-order valence-corrected chi connectivity index (χ2v) is 7.86. The molecule has 1 aromatic carbocycles. The molecule has 1 aliphatic rings. The standard InChI is InChI=1S/C20H26N/c1-14-9-7-8-10-15(14)18-11-16-17(12-21(18)6)20(4,5)13-19(16,2)3/h7-12H,13H2,1-6H3/q+1. The van der Waals surface area contributed by atoms with Crippen LogP contribution in [-0.2, 0) is 17.9 Å². The second kappa shape index (κ2) is 4.43. The zero-order chi connectivity index (χ0) is 15.4. The molecule has 0 unspecified atom stereocenters. The Balaban J connectivity index is 2.26. The lowest BCUT2D eigenvalue weighted by Gasteiger charge is -2.22. The summed E-state index contributed by atoms with van der Waals surface area (Å²) in [6.07, 6.45) is 3.57. The van der Waals surface area contributed by atoms with Gasteiger partial charge in [-0.1, -0.05) is 45.9 Å². The lowest BCUT2D eigenvalue weighted by atomic mass is 9.82. The summed E-state index contributed by atoms with van der Waals surface area (Å²) in [7, 11) is 2.17. The maximum Gasteiger partial charge on any atom is 0.212 e. The van der Waals surface area contributed by atoms with Crippen molar-refractivity contribution in [2.45, 2.75) is 51.9 Å². The van der Waals surface area contributed by atoms with Crippen LogP contribution >= 0.6 is 0 Å². The lowest BCUT2D eigenvalue weighted by Crippen LogP contribution is -2.33. The van der Waals surface area contributed by atoms with E-state index in [1.807, 2.05) is 0 Å². The van der Waals surface area contributed by atoms with Gasteiger partial charge >= 0.3 is 0 Å². The van der Waals surface area contributed by atoms with Crippen molar-refractivity contribution >= 4 is 0 Å². The molecule has 1 heteroatoms. The SMILES string of the molecule is Cc1ccccc1-c1cc2c(c[n+]1C)C(C)(C)CC2(C)C. The van der Waals surface area contributed by atoms with Gasteiger partial charge in [-0.15, -0.1) is 0 Å². The van der Waals surface area contributed by atoms with Gasteiger partial charge in [-0.05, 0) is 41.4 Å². The highest BCUT2D eigenvalue weighted by atomic mass is 14.9. The van der Waals surface area contributed by atoms with Crippen LogP contribution in [0.5, 0.6) is 0 Å². The summed E-state index contributed by atoms with van der Waals surface area (Å²) in [5, 5.41) is 0. The number of nitrogens with zero attached hydrogens (tertiary/aromatic N) is 1. The van der Waals surface area contributed by atoms with E-state index in [-0.39, 0.29) is 10.8 Å². The molecule has 3 rings (SSSR count). The van der Waals surface area contributed by atoms with Crippen molar-refractivity contribution < 1.29 is 4.57 Å². The predicted octanol–water partition coefficient (Wildman–Crippen LogP) is 4.45. The largest absolute Gasteiger partial charge is 0.212 e. The molecule has 0 bridgehead atoms. The molecule has 1 nitrogen and oxygen atoms in total. The van der Waals surface area contributed by atoms with E-state index in [0.717, 1.165) is 0 Å². The third kappa shape index (κ3) is 2.19. The van der Waals surface area contributed by atoms with Crippen molar-refractivity contribution in [3.8, 4) is 11.3 Å². The van der Waals surface area contributed by atoms with Crippen molar-refractivity contribution in [1.29, 1.82) is 0 Å². The molecule has 0 fully saturated rings. The Labute approximate surface area is 128 Å². The van der Waals surface area contributed by atoms with Crippen LogP contribution in [0.1, 0.15) is 50.8 Å². The number of hydrogen-bond acceptors (Lipinski definition) is 0. The Bertz CT molecular complexity index is 708. The molecule has 1 heterocycles. The molecule has 0 saturated heterocycles. The fraction of sp³-hybridized carbons (Fsp3) is 0.450. The molecule has 110 valence electrons. The molecular formula is C20H26N+. The Morgan fingerprint density at radius 1 is 0.952 bits per heavy atom. The summed E-state index contributed by atoms with van der Waals surface area (Å²) < 4.78 is 2.30. The van der Waals surface area contributed by atoms with Crippen LogP contribution in [-0.4, -0.2) is 0 Å². The minimum atomic E-state index is 0.254. The molecule has 1 aromatic heterocycles. The van der Waals surface area contributed by atoms with Gasteiger partial charge in [0.1, 0.15) is 7.05 Å². The fourth-order valence-corrected chi connectivity index (χ4v) is 4.17. The van der Waals surface area contributed by atoms with Crippen molar-refractivity contribution in [2.24, 2.45) is 7.05 Å². The van der Waals surface area contributed by atoms with E-state index in [2.05, 4.69) is 82.8 Å². The van der Waals surface area contributed by atoms with E-state index in [9.17, 15) is 0 Å². The van der Waals surface area contributed by atoms with Gasteiger partial charge in [-0.3, -0.25) is 0 Å². The summed E-state index contributed by atoms with van der Waals surface area (Å²) in [5.74, 6) is 0. The van der Waals surface area contributed by atoms with Crippen LogP contribution in [0, 0.1) is 6.92 Å². The fourth-order valence-electron chi connectivity index (χ4n) is 4.17. The van der Waals surface area contributed by atoms with E-state index < -0.39 is 0 Å². The maximum atomic E-state index is 2.42. The number of benzene rings is 1. The summed E-state index contributed by atoms with van der Waals surface area (Å²) in [6, 6.07) is 11.1. The van der Waals surface area contributed by atoms with Crippen molar-refractivity contribution in [1.82, 2.24) is 0 Å². The van der Waals surface area contributed by atoms with E-state index in [1.54, 1.807) is 0 Å². The van der Waals surface area contributed by atoms with Gasteiger partial charge in [-0.25, -0.2) is 4.57 Å². The normalized spacial score (nSPS) is 18.6. The Morgan fingerprint density at radius 3 is 2.24 bits per heavy atom. The summed E-state index contributed by atoms with van der Waals surface area (Å²) in [5.41, 5.74) is 7.53. The van der Waals surface area contributed by atoms with Gasteiger partial charge < -0.3 is 0 Å². The summed E-state index contributed by atoms with van der Waals surface area (Å²) in [4.78, 5) is 0. The Hall–Kier alpha value is -1.63. The maximum absolute atomic E-state index is 2.42. The summed E-state index contributed by atoms with van der Waals surface area (Å²) in [6.45, 7) is 11.7. The Morgan fingerprint density at radius 2 is 1.57 bits per heavy atom. The smallest absolute Gasteiger partial charge is 0.201 e. The minimum Gasteiger partial charge on any atom is -0.201 e. The van der Waals surface area contributed by atoms with Gasteiger partial charge in [-0.2, -0.15) is 0 Å². The van der Waals surface area contributed by atoms with Crippen LogP contribution in [0.2, 0.25) is 0 Å². The topological polar surface area (TPSA) is 3.88 Å². The molecule has 0 radical (unpaired) electrons. The van der Waals surface area contributed by atoms with Crippen LogP contribution in [0.3, 0.4) is 0 Å². The molecule has 0 atom stereocenters. The third-order valence-electron chi connectivity index (χ3n) is 5.04. The first-order valence-electron chi connectivity index (χ1n) is 7.83. The number of rotatable bonds is 1. The van der Waals surface area contributed by atoms with Crippen molar-refractivity contribution in [3.05, 3.63) is 53.2 Å². The first-order chi connectivity index (χ1) is 9.72. The van der Waals surface area contributed by atoms with E-state index in [0.29, 0.717) is 0 Å². The molecule has 1 aliphatic carbocycles. The van der Waals surface area contributed by atoms with Crippen LogP contribution in [0.4, 0.5) is 0 Å². The van der Waals surface area contributed by atoms with Crippen molar-refractivity contribution in [2.75, 3.05) is 0 Å². The molecule has 0 N–H and O–H groups in total. The third-order valence-corrected chi connectivity index (χ3v) is 5.04. The second-order valence-electron chi connectivity index (χ2n) is 7.86. The average Bonchev–Trinajstić information content (AvgIpc) is 2.55. The van der Waals surface area contributed by atoms with E-state index in [4.69, 9.17) is 0 Å².